The molecule has 0 bridgehead atoms. The number of nitrogens with two attached hydrogens (primary N) is 3. The first-order valence-corrected chi connectivity index (χ1v) is 13.2. The summed E-state index contributed by atoms with van der Waals surface area (Å²) in [5, 5.41) is 17.6. The zero-order chi connectivity index (χ0) is 31.2. The Labute approximate surface area is 241 Å². The maximum absolute atomic E-state index is 13.9. The molecule has 42 heavy (non-hydrogen) atoms. The Balaban J connectivity index is 1.77. The molecule has 1 aliphatic heterocycles. The molecule has 16 heteroatoms. The number of hydrogen-bond donors (Lipinski definition) is 7. The van der Waals surface area contributed by atoms with E-state index in [9.17, 15) is 32.6 Å². The highest BCUT2D eigenvalue weighted by Crippen LogP contribution is 2.30. The molecule has 12 nitrogen and oxygen atoms in total. The third-order valence-corrected chi connectivity index (χ3v) is 6.64. The van der Waals surface area contributed by atoms with Gasteiger partial charge in [0, 0.05) is 56.1 Å². The van der Waals surface area contributed by atoms with Crippen LogP contribution in [0.1, 0.15) is 32.3 Å². The van der Waals surface area contributed by atoms with E-state index >= 15 is 0 Å². The fraction of sp³-hybridized carbons (Fsp3) is 0.423. The maximum Gasteiger partial charge on any atom is 0.492 e. The summed E-state index contributed by atoms with van der Waals surface area (Å²) in [7, 11) is -1.24. The topological polar surface area (TPSA) is 198 Å². The fourth-order valence-corrected chi connectivity index (χ4v) is 4.48. The van der Waals surface area contributed by atoms with Gasteiger partial charge >= 0.3 is 7.12 Å². The molecule has 0 aliphatic carbocycles. The summed E-state index contributed by atoms with van der Waals surface area (Å²) in [6, 6.07) is 4.64. The number of amides is 3. The second-order valence-electron chi connectivity index (χ2n) is 10.2. The van der Waals surface area contributed by atoms with Gasteiger partial charge in [0.2, 0.25) is 11.8 Å². The van der Waals surface area contributed by atoms with Crippen LogP contribution < -0.4 is 38.6 Å². The minimum absolute atomic E-state index is 0.0943. The van der Waals surface area contributed by atoms with Gasteiger partial charge in [-0.2, -0.15) is 0 Å². The summed E-state index contributed by atoms with van der Waals surface area (Å²) >= 11 is 0. The van der Waals surface area contributed by atoms with Gasteiger partial charge in [-0.3, -0.25) is 14.4 Å². The van der Waals surface area contributed by atoms with Crippen LogP contribution >= 0.6 is 0 Å². The van der Waals surface area contributed by atoms with Crippen LogP contribution in [0.5, 0.6) is 0 Å². The van der Waals surface area contributed by atoms with Gasteiger partial charge in [-0.05, 0) is 43.4 Å². The van der Waals surface area contributed by atoms with E-state index in [0.29, 0.717) is 23.2 Å². The number of carbonyl (C=O) groups is 3. The smallest absolute Gasteiger partial charge is 0.423 e. The Kier molecular flexibility index (Phi) is 10.9. The molecule has 1 heterocycles. The zero-order valence-corrected chi connectivity index (χ0v) is 23.3. The summed E-state index contributed by atoms with van der Waals surface area (Å²) in [6.45, 7) is 4.52. The van der Waals surface area contributed by atoms with E-state index in [1.165, 1.54) is 11.0 Å². The predicted octanol–water partition coefficient (Wildman–Crippen LogP) is -0.597. The molecule has 2 atom stereocenters. The number of anilines is 2. The molecular formula is C26H35BF3N7O5. The first-order valence-electron chi connectivity index (χ1n) is 13.2. The fourth-order valence-electron chi connectivity index (χ4n) is 4.48. The quantitative estimate of drug-likeness (QED) is 0.0901. The highest BCUT2D eigenvalue weighted by molar-refractivity contribution is 6.62. The molecule has 0 aromatic heterocycles. The monoisotopic (exact) mass is 593 g/mol. The van der Waals surface area contributed by atoms with Gasteiger partial charge in [0.15, 0.2) is 23.6 Å². The normalized spacial score (nSPS) is 15.0. The van der Waals surface area contributed by atoms with Crippen molar-refractivity contribution in [3.8, 4) is 0 Å². The molecule has 1 aliphatic rings. The van der Waals surface area contributed by atoms with E-state index in [1.807, 2.05) is 0 Å². The van der Waals surface area contributed by atoms with Gasteiger partial charge in [-0.25, -0.2) is 13.2 Å². The molecule has 0 saturated carbocycles. The molecule has 228 valence electrons. The lowest BCUT2D eigenvalue weighted by atomic mass is 9.78. The molecule has 0 fully saturated rings. The van der Waals surface area contributed by atoms with Crippen LogP contribution in [0.2, 0.25) is 0 Å². The van der Waals surface area contributed by atoms with Crippen molar-refractivity contribution >= 4 is 41.7 Å². The second kappa shape index (κ2) is 14.0. The van der Waals surface area contributed by atoms with Crippen molar-refractivity contribution in [2.45, 2.75) is 44.5 Å². The largest absolute Gasteiger partial charge is 0.492 e. The van der Waals surface area contributed by atoms with E-state index in [2.05, 4.69) is 16.0 Å². The number of nitrogens with zero attached hydrogens (tertiary/aromatic N) is 1. The van der Waals surface area contributed by atoms with Gasteiger partial charge in [-0.1, -0.05) is 6.07 Å². The first kappa shape index (κ1) is 32.8. The van der Waals surface area contributed by atoms with Crippen molar-refractivity contribution in [2.75, 3.05) is 36.8 Å². The lowest BCUT2D eigenvalue weighted by Gasteiger charge is -2.24. The summed E-state index contributed by atoms with van der Waals surface area (Å²) in [4.78, 5) is 40.1. The number of halogens is 3. The highest BCUT2D eigenvalue weighted by Gasteiger charge is 2.40. The van der Waals surface area contributed by atoms with Crippen LogP contribution in [0, 0.1) is 17.5 Å². The Morgan fingerprint density at radius 1 is 1.02 bits per heavy atom. The Bertz CT molecular complexity index is 1290. The SMILES string of the molecule is CC1(C)OB(O)c2cc(NC(=O)[C@H](NC(=O)[C@@H](N)CCC(=O)N(CCN)CCN)Nc3cc(F)c(F)c(F)c3)ccc21. The van der Waals surface area contributed by atoms with Crippen LogP contribution in [0.25, 0.3) is 0 Å². The Morgan fingerprint density at radius 2 is 1.64 bits per heavy atom. The van der Waals surface area contributed by atoms with Crippen LogP contribution in [0.15, 0.2) is 30.3 Å². The third-order valence-electron chi connectivity index (χ3n) is 6.64. The Hall–Kier alpha value is -3.70. The average Bonchev–Trinajstić information content (AvgIpc) is 3.16. The van der Waals surface area contributed by atoms with E-state index in [4.69, 9.17) is 21.9 Å². The van der Waals surface area contributed by atoms with Crippen molar-refractivity contribution in [1.29, 1.82) is 0 Å². The van der Waals surface area contributed by atoms with Gasteiger partial charge in [0.05, 0.1) is 11.6 Å². The molecule has 3 rings (SSSR count). The maximum atomic E-state index is 13.9. The van der Waals surface area contributed by atoms with Crippen molar-refractivity contribution in [3.63, 3.8) is 0 Å². The number of fused-ring (bicyclic) bond motifs is 1. The molecule has 0 spiro atoms. The molecule has 3 amide bonds. The molecule has 0 saturated heterocycles. The highest BCUT2D eigenvalue weighted by atomic mass is 19.2. The molecular weight excluding hydrogens is 558 g/mol. The van der Waals surface area contributed by atoms with Crippen LogP contribution in [-0.4, -0.2) is 73.2 Å². The third kappa shape index (κ3) is 7.98. The number of hydrogen-bond acceptors (Lipinski definition) is 9. The van der Waals surface area contributed by atoms with E-state index in [0.717, 1.165) is 0 Å². The van der Waals surface area contributed by atoms with Gasteiger partial charge < -0.3 is 47.7 Å². The van der Waals surface area contributed by atoms with Crippen molar-refractivity contribution in [1.82, 2.24) is 10.2 Å². The lowest BCUT2D eigenvalue weighted by molar-refractivity contribution is -0.131. The Morgan fingerprint density at radius 3 is 2.24 bits per heavy atom. The number of benzene rings is 2. The van der Waals surface area contributed by atoms with Gasteiger partial charge in [-0.15, -0.1) is 0 Å². The average molecular weight is 593 g/mol. The van der Waals surface area contributed by atoms with Gasteiger partial charge in [0.25, 0.3) is 5.91 Å². The van der Waals surface area contributed by atoms with E-state index in [-0.39, 0.29) is 56.3 Å². The summed E-state index contributed by atoms with van der Waals surface area (Å²) in [5.41, 5.74) is 17.2. The molecule has 10 N–H and O–H groups in total. The molecule has 0 radical (unpaired) electrons. The van der Waals surface area contributed by atoms with Crippen LogP contribution in [0.4, 0.5) is 24.5 Å². The van der Waals surface area contributed by atoms with Crippen molar-refractivity contribution < 1.29 is 37.2 Å². The van der Waals surface area contributed by atoms with E-state index in [1.54, 1.807) is 26.0 Å². The number of nitrogens with one attached hydrogen (secondary N) is 3. The summed E-state index contributed by atoms with van der Waals surface area (Å²) in [6.07, 6.45) is -1.85. The van der Waals surface area contributed by atoms with E-state index < -0.39 is 54.2 Å². The number of rotatable bonds is 13. The second-order valence-corrected chi connectivity index (χ2v) is 10.2. The minimum atomic E-state index is -1.71. The summed E-state index contributed by atoms with van der Waals surface area (Å²) in [5.74, 6) is -6.81. The molecule has 2 aromatic carbocycles. The number of carbonyl (C=O) groups excluding carboxylic acids is 3. The van der Waals surface area contributed by atoms with Gasteiger partial charge in [0.1, 0.15) is 0 Å². The predicted molar refractivity (Wildman–Crippen MR) is 151 cm³/mol. The van der Waals surface area contributed by atoms with Crippen LogP contribution in [-0.2, 0) is 24.6 Å². The standard InChI is InChI=1S/C26H35BF3N7O5/c1-26(2)16-4-3-14(11-17(16)27(41)42-26)35-25(40)23(34-15-12-18(28)22(30)19(29)13-15)36-24(39)20(33)5-6-21(38)37(9-7-31)10-8-32/h3-4,11-13,20,23,34,41H,5-10,31-33H2,1-2H3,(H,35,40)(H,36,39)/t20-,23-/m0/s1. The van der Waals surface area contributed by atoms with Crippen LogP contribution in [0.3, 0.4) is 0 Å². The molecule has 2 aromatic rings. The first-order chi connectivity index (χ1) is 19.8. The lowest BCUT2D eigenvalue weighted by Crippen LogP contribution is -2.53. The van der Waals surface area contributed by atoms with Crippen molar-refractivity contribution in [3.05, 3.63) is 53.3 Å². The minimum Gasteiger partial charge on any atom is -0.423 e. The zero-order valence-electron chi connectivity index (χ0n) is 23.3. The summed E-state index contributed by atoms with van der Waals surface area (Å²) < 4.78 is 46.7. The van der Waals surface area contributed by atoms with Crippen molar-refractivity contribution in [2.24, 2.45) is 17.2 Å². The molecule has 0 unspecified atom stereocenters.